The van der Waals surface area contributed by atoms with Gasteiger partial charge in [-0.25, -0.2) is 9.98 Å². The van der Waals surface area contributed by atoms with Crippen LogP contribution in [0.15, 0.2) is 173 Å². The molecule has 62 heavy (non-hydrogen) atoms. The number of aromatic amines is 1. The SMILES string of the molecule is COc1c2cc(c(OC)c1C)C(c1ccccc1)=C1C=CC(=N1)C(c1ccc(C(C)(C)C)cc1)=c1ccc([nH]1)=C(c1ccc(C(C)(C)C)cc1)C1=NC(=C2c2ccccc2)C=C1. The molecule has 5 nitrogen and oxygen atoms in total. The predicted octanol–water partition coefficient (Wildman–Crippen LogP) is 11.6. The molecule has 3 aliphatic heterocycles. The number of H-pyrrole nitrogens is 1. The molecule has 5 aromatic carbocycles. The normalized spacial score (nSPS) is 15.0. The second kappa shape index (κ2) is 15.8. The predicted molar refractivity (Wildman–Crippen MR) is 258 cm³/mol. The third kappa shape index (κ3) is 7.32. The molecule has 0 atom stereocenters. The number of hydrogen-bond donors (Lipinski definition) is 1. The summed E-state index contributed by atoms with van der Waals surface area (Å²) in [5.41, 5.74) is 16.8. The van der Waals surface area contributed by atoms with Crippen LogP contribution < -0.4 is 20.2 Å². The van der Waals surface area contributed by atoms with Crippen LogP contribution in [0.1, 0.15) is 91.6 Å². The average molecular weight is 812 g/mol. The van der Waals surface area contributed by atoms with Crippen LogP contribution in [0, 0.1) is 6.92 Å². The van der Waals surface area contributed by atoms with E-state index in [9.17, 15) is 0 Å². The molecule has 0 saturated carbocycles. The van der Waals surface area contributed by atoms with Crippen molar-refractivity contribution in [2.75, 3.05) is 14.2 Å². The minimum absolute atomic E-state index is 0.0125. The second-order valence-corrected chi connectivity index (χ2v) is 18.3. The summed E-state index contributed by atoms with van der Waals surface area (Å²) in [5, 5.41) is 1.93. The van der Waals surface area contributed by atoms with E-state index in [0.29, 0.717) is 0 Å². The largest absolute Gasteiger partial charge is 0.496 e. The van der Waals surface area contributed by atoms with Gasteiger partial charge in [-0.05, 0) is 93.6 Å². The monoisotopic (exact) mass is 811 g/mol. The molecular weight excluding hydrogens is 759 g/mol. The van der Waals surface area contributed by atoms with Crippen LogP contribution in [0.2, 0.25) is 0 Å². The molecule has 6 aromatic rings. The first kappa shape index (κ1) is 40.4. The molecule has 1 N–H and O–H groups in total. The number of methoxy groups -OCH3 is 2. The highest BCUT2D eigenvalue weighted by molar-refractivity contribution is 6.31. The standard InChI is InChI=1S/C57H53N3O2/c1-35-54(61-8)42-34-43(55(35)62-9)51(37-18-14-11-15-19-37)45-29-31-47(59-45)53(39-22-26-41(27-23-39)57(5,6)7)49-33-32-48(60-49)52(38-20-24-40(25-21-38)56(2,3)4)46-30-28-44(58-46)50(42)36-16-12-10-13-17-36/h10-34,60H,1-9H3. The summed E-state index contributed by atoms with van der Waals surface area (Å²) in [5.74, 6) is 1.45. The van der Waals surface area contributed by atoms with E-state index < -0.39 is 0 Å². The fourth-order valence-corrected chi connectivity index (χ4v) is 8.90. The van der Waals surface area contributed by atoms with Crippen molar-refractivity contribution < 1.29 is 9.47 Å². The topological polar surface area (TPSA) is 59.0 Å². The number of fused-ring (bicyclic) bond motifs is 6. The van der Waals surface area contributed by atoms with Crippen LogP contribution in [0.3, 0.4) is 0 Å². The molecule has 0 amide bonds. The lowest BCUT2D eigenvalue weighted by Crippen LogP contribution is -2.21. The smallest absolute Gasteiger partial charge is 0.133 e. The van der Waals surface area contributed by atoms with Crippen molar-refractivity contribution in [2.24, 2.45) is 9.98 Å². The van der Waals surface area contributed by atoms with E-state index in [0.717, 1.165) is 106 Å². The Balaban J connectivity index is 1.46. The van der Waals surface area contributed by atoms with Gasteiger partial charge < -0.3 is 14.5 Å². The Kier molecular flexibility index (Phi) is 10.3. The van der Waals surface area contributed by atoms with Crippen molar-refractivity contribution in [3.8, 4) is 11.5 Å². The quantitative estimate of drug-likeness (QED) is 0.182. The van der Waals surface area contributed by atoms with Gasteiger partial charge in [-0.1, -0.05) is 151 Å². The lowest BCUT2D eigenvalue weighted by Gasteiger charge is -2.23. The van der Waals surface area contributed by atoms with E-state index in [2.05, 4.69) is 193 Å². The molecule has 0 fully saturated rings. The first-order valence-electron chi connectivity index (χ1n) is 21.4. The first-order valence-corrected chi connectivity index (χ1v) is 21.4. The zero-order valence-electron chi connectivity index (χ0n) is 37.1. The Hall–Kier alpha value is -6.98. The van der Waals surface area contributed by atoms with Gasteiger partial charge in [0.15, 0.2) is 0 Å². The van der Waals surface area contributed by atoms with Crippen LogP contribution in [0.5, 0.6) is 11.5 Å². The third-order valence-corrected chi connectivity index (χ3v) is 12.1. The summed E-state index contributed by atoms with van der Waals surface area (Å²) in [7, 11) is 3.47. The van der Waals surface area contributed by atoms with Crippen molar-refractivity contribution >= 4 is 33.7 Å². The number of nitrogens with one attached hydrogen (secondary N) is 1. The average Bonchev–Trinajstić information content (AvgIpc) is 4.05. The number of hydrogen-bond acceptors (Lipinski definition) is 4. The van der Waals surface area contributed by atoms with Gasteiger partial charge >= 0.3 is 0 Å². The van der Waals surface area contributed by atoms with Gasteiger partial charge in [0.05, 0.1) is 37.0 Å². The summed E-state index contributed by atoms with van der Waals surface area (Å²) in [4.78, 5) is 15.0. The lowest BCUT2D eigenvalue weighted by molar-refractivity contribution is 0.387. The molecule has 0 aliphatic carbocycles. The van der Waals surface area contributed by atoms with Gasteiger partial charge in [-0.2, -0.15) is 0 Å². The van der Waals surface area contributed by atoms with E-state index in [1.165, 1.54) is 11.1 Å². The van der Waals surface area contributed by atoms with Gasteiger partial charge in [0.25, 0.3) is 0 Å². The number of allylic oxidation sites excluding steroid dienone is 4. The van der Waals surface area contributed by atoms with Crippen molar-refractivity contribution in [3.05, 3.63) is 224 Å². The highest BCUT2D eigenvalue weighted by Crippen LogP contribution is 2.47. The van der Waals surface area contributed by atoms with Crippen LogP contribution in [-0.2, 0) is 10.8 Å². The zero-order valence-corrected chi connectivity index (χ0v) is 37.1. The van der Waals surface area contributed by atoms with Crippen molar-refractivity contribution in [1.29, 1.82) is 0 Å². The van der Waals surface area contributed by atoms with E-state index in [4.69, 9.17) is 19.5 Å². The minimum Gasteiger partial charge on any atom is -0.496 e. The molecule has 8 bridgehead atoms. The number of benzene rings is 5. The van der Waals surface area contributed by atoms with E-state index in [-0.39, 0.29) is 10.8 Å². The maximum Gasteiger partial charge on any atom is 0.133 e. The van der Waals surface area contributed by atoms with Crippen LogP contribution in [0.4, 0.5) is 0 Å². The maximum atomic E-state index is 6.35. The Morgan fingerprint density at radius 2 is 0.806 bits per heavy atom. The van der Waals surface area contributed by atoms with Crippen LogP contribution in [-0.4, -0.2) is 30.6 Å². The van der Waals surface area contributed by atoms with Gasteiger partial charge in [0.1, 0.15) is 11.5 Å². The van der Waals surface area contributed by atoms with E-state index in [1.807, 2.05) is 12.1 Å². The highest BCUT2D eigenvalue weighted by atomic mass is 16.5. The maximum absolute atomic E-state index is 6.35. The van der Waals surface area contributed by atoms with Crippen LogP contribution >= 0.6 is 0 Å². The molecule has 5 heteroatoms. The molecule has 1 aromatic heterocycles. The second-order valence-electron chi connectivity index (χ2n) is 18.3. The van der Waals surface area contributed by atoms with E-state index in [1.54, 1.807) is 14.2 Å². The number of aliphatic imine (C=N–C) groups is 2. The Morgan fingerprint density at radius 1 is 0.435 bits per heavy atom. The molecule has 308 valence electrons. The minimum atomic E-state index is 0.0125. The number of nitrogens with zero attached hydrogens (tertiary/aromatic N) is 2. The highest BCUT2D eigenvalue weighted by Gasteiger charge is 2.29. The van der Waals surface area contributed by atoms with Crippen molar-refractivity contribution in [2.45, 2.75) is 59.3 Å². The van der Waals surface area contributed by atoms with Crippen molar-refractivity contribution in [3.63, 3.8) is 0 Å². The lowest BCUT2D eigenvalue weighted by atomic mass is 9.86. The molecule has 3 aliphatic rings. The van der Waals surface area contributed by atoms with Crippen molar-refractivity contribution in [1.82, 2.24) is 4.98 Å². The zero-order chi connectivity index (χ0) is 43.3. The molecule has 0 unspecified atom stereocenters. The molecule has 4 heterocycles. The summed E-state index contributed by atoms with van der Waals surface area (Å²) in [6, 6.07) is 45.5. The number of aromatic nitrogens is 1. The summed E-state index contributed by atoms with van der Waals surface area (Å²) >= 11 is 0. The summed E-state index contributed by atoms with van der Waals surface area (Å²) < 4.78 is 12.7. The van der Waals surface area contributed by atoms with Crippen LogP contribution in [0.25, 0.3) is 22.3 Å². The third-order valence-electron chi connectivity index (χ3n) is 12.1. The molecule has 0 spiro atoms. The Morgan fingerprint density at radius 3 is 1.16 bits per heavy atom. The van der Waals surface area contributed by atoms with Gasteiger partial charge in [0.2, 0.25) is 0 Å². The number of rotatable bonds is 6. The Labute approximate surface area is 365 Å². The van der Waals surface area contributed by atoms with E-state index >= 15 is 0 Å². The fraction of sp³-hybridized carbons (Fsp3) is 0.193. The first-order chi connectivity index (χ1) is 29.8. The molecule has 0 radical (unpaired) electrons. The molecule has 9 rings (SSSR count). The van der Waals surface area contributed by atoms with Gasteiger partial charge in [-0.15, -0.1) is 0 Å². The van der Waals surface area contributed by atoms with Gasteiger partial charge in [0, 0.05) is 49.7 Å². The fourth-order valence-electron chi connectivity index (χ4n) is 8.90. The molecule has 0 saturated heterocycles. The molecular formula is C57H53N3O2. The summed E-state index contributed by atoms with van der Waals surface area (Å²) in [6.45, 7) is 15.6. The Bertz CT molecular complexity index is 2840. The van der Waals surface area contributed by atoms with Gasteiger partial charge in [-0.3, -0.25) is 0 Å². The number of ether oxygens (including phenoxy) is 2. The summed E-state index contributed by atoms with van der Waals surface area (Å²) in [6.07, 6.45) is 8.58.